The third kappa shape index (κ3) is 3.07. The third-order valence-corrected chi connectivity index (χ3v) is 1.77. The number of guanidine groups is 2. The topological polar surface area (TPSA) is 160 Å². The molecular formula is C9H10FN5O3. The predicted octanol–water partition coefficient (Wildman–Crippen LogP) is -0.551. The van der Waals surface area contributed by atoms with Gasteiger partial charge in [-0.05, 0) is 6.07 Å². The summed E-state index contributed by atoms with van der Waals surface area (Å²) < 4.78 is 13.1. The lowest BCUT2D eigenvalue weighted by molar-refractivity contribution is 0.0692. The minimum atomic E-state index is -1.51. The molecule has 0 saturated heterocycles. The molecule has 0 unspecified atom stereocenters. The van der Waals surface area contributed by atoms with Crippen LogP contribution in [0, 0.1) is 5.82 Å². The lowest BCUT2D eigenvalue weighted by Gasteiger charge is -2.03. The molecule has 8 N–H and O–H groups in total. The number of carboxylic acids is 1. The van der Waals surface area contributed by atoms with Crippen molar-refractivity contribution in [1.29, 1.82) is 0 Å². The Balaban J connectivity index is 3.30. The smallest absolute Gasteiger partial charge is 0.338 e. The maximum atomic E-state index is 13.1. The Bertz CT molecular complexity index is 551. The molecule has 0 bridgehead atoms. The normalized spacial score (nSPS) is 11.1. The minimum absolute atomic E-state index is 0.267. The highest BCUT2D eigenvalue weighted by atomic mass is 19.1. The summed E-state index contributed by atoms with van der Waals surface area (Å²) in [6.45, 7) is 0. The molecular weight excluding hydrogens is 245 g/mol. The second-order valence-electron chi connectivity index (χ2n) is 3.13. The van der Waals surface area contributed by atoms with Gasteiger partial charge in [-0.2, -0.15) is 4.99 Å². The molecule has 9 heteroatoms. The van der Waals surface area contributed by atoms with E-state index in [4.69, 9.17) is 22.3 Å². The summed E-state index contributed by atoms with van der Waals surface area (Å²) in [5, 5.41) is 18.1. The lowest BCUT2D eigenvalue weighted by atomic mass is 10.2. The van der Waals surface area contributed by atoms with Crippen LogP contribution in [0.4, 0.5) is 10.1 Å². The summed E-state index contributed by atoms with van der Waals surface area (Å²) in [7, 11) is 0. The van der Waals surface area contributed by atoms with Crippen molar-refractivity contribution in [2.24, 2.45) is 27.2 Å². The third-order valence-electron chi connectivity index (χ3n) is 1.77. The van der Waals surface area contributed by atoms with Crippen molar-refractivity contribution in [2.45, 2.75) is 0 Å². The number of halogens is 1. The van der Waals surface area contributed by atoms with E-state index in [1.54, 1.807) is 0 Å². The molecule has 0 heterocycles. The van der Waals surface area contributed by atoms with Gasteiger partial charge in [-0.15, -0.1) is 0 Å². The summed E-state index contributed by atoms with van der Waals surface area (Å²) in [5.74, 6) is -3.97. The molecule has 0 aliphatic rings. The van der Waals surface area contributed by atoms with E-state index < -0.39 is 29.1 Å². The number of hydrogen-bond acceptors (Lipinski definition) is 3. The van der Waals surface area contributed by atoms with Gasteiger partial charge in [-0.1, -0.05) is 0 Å². The van der Waals surface area contributed by atoms with Gasteiger partial charge in [0, 0.05) is 6.07 Å². The second kappa shape index (κ2) is 4.99. The van der Waals surface area contributed by atoms with Gasteiger partial charge in [0.15, 0.2) is 5.96 Å². The van der Waals surface area contributed by atoms with Gasteiger partial charge < -0.3 is 27.4 Å². The van der Waals surface area contributed by atoms with Crippen molar-refractivity contribution in [3.8, 4) is 5.75 Å². The molecule has 0 aliphatic heterocycles. The summed E-state index contributed by atoms with van der Waals surface area (Å²) in [5.41, 5.74) is 14.4. The summed E-state index contributed by atoms with van der Waals surface area (Å²) in [4.78, 5) is 17.6. The number of rotatable bonds is 2. The molecule has 0 amide bonds. The number of aromatic carboxylic acids is 1. The number of benzene rings is 1. The number of carboxylic acid groups (broad SMARTS) is 1. The molecule has 1 rings (SSSR count). The van der Waals surface area contributed by atoms with Crippen LogP contribution in [0.15, 0.2) is 22.1 Å². The molecule has 96 valence electrons. The second-order valence-corrected chi connectivity index (χ2v) is 3.13. The Morgan fingerprint density at radius 2 is 1.89 bits per heavy atom. The molecule has 0 aliphatic carbocycles. The first-order valence-corrected chi connectivity index (χ1v) is 4.51. The van der Waals surface area contributed by atoms with Crippen LogP contribution >= 0.6 is 0 Å². The molecule has 0 fully saturated rings. The lowest BCUT2D eigenvalue weighted by Crippen LogP contribution is -2.26. The number of carbonyl (C=O) groups is 1. The van der Waals surface area contributed by atoms with Crippen LogP contribution in [0.1, 0.15) is 10.4 Å². The van der Waals surface area contributed by atoms with E-state index in [1.165, 1.54) is 0 Å². The van der Waals surface area contributed by atoms with Gasteiger partial charge in [0.25, 0.3) is 0 Å². The van der Waals surface area contributed by atoms with Crippen LogP contribution in [0.25, 0.3) is 0 Å². The first kappa shape index (κ1) is 13.2. The van der Waals surface area contributed by atoms with Gasteiger partial charge in [-0.25, -0.2) is 14.2 Å². The molecule has 0 saturated carbocycles. The number of nitrogens with two attached hydrogens (primary N) is 3. The van der Waals surface area contributed by atoms with Crippen LogP contribution in [0.5, 0.6) is 5.75 Å². The van der Waals surface area contributed by atoms with Crippen molar-refractivity contribution < 1.29 is 19.4 Å². The molecule has 0 atom stereocenters. The summed E-state index contributed by atoms with van der Waals surface area (Å²) >= 11 is 0. The summed E-state index contributed by atoms with van der Waals surface area (Å²) in [6.07, 6.45) is 0. The van der Waals surface area contributed by atoms with E-state index in [0.29, 0.717) is 6.07 Å². The average Bonchev–Trinajstić information content (AvgIpc) is 2.20. The fourth-order valence-electron chi connectivity index (χ4n) is 1.09. The zero-order valence-corrected chi connectivity index (χ0v) is 8.96. The van der Waals surface area contributed by atoms with Crippen LogP contribution in [0.2, 0.25) is 0 Å². The number of nitrogens with zero attached hydrogens (tertiary/aromatic N) is 2. The Kier molecular flexibility index (Phi) is 3.67. The monoisotopic (exact) mass is 255 g/mol. The van der Waals surface area contributed by atoms with E-state index in [2.05, 4.69) is 9.98 Å². The highest BCUT2D eigenvalue weighted by Crippen LogP contribution is 2.29. The number of aliphatic imine (C=N–C) groups is 2. The van der Waals surface area contributed by atoms with Gasteiger partial charge in [0.2, 0.25) is 5.96 Å². The zero-order chi connectivity index (χ0) is 13.9. The van der Waals surface area contributed by atoms with E-state index in [9.17, 15) is 14.3 Å². The van der Waals surface area contributed by atoms with Gasteiger partial charge in [0.05, 0.1) is 5.56 Å². The Hall–Kier alpha value is -2.84. The SMILES string of the molecule is NC(N)=NC(N)=Nc1cc(C(=O)O)c(F)cc1O. The average molecular weight is 255 g/mol. The predicted molar refractivity (Wildman–Crippen MR) is 62.1 cm³/mol. The largest absolute Gasteiger partial charge is 0.506 e. The fourth-order valence-corrected chi connectivity index (χ4v) is 1.09. The number of phenols is 1. The number of aromatic hydroxyl groups is 1. The minimum Gasteiger partial charge on any atom is -0.506 e. The van der Waals surface area contributed by atoms with Gasteiger partial charge in [-0.3, -0.25) is 0 Å². The Morgan fingerprint density at radius 3 is 2.39 bits per heavy atom. The zero-order valence-electron chi connectivity index (χ0n) is 8.96. The van der Waals surface area contributed by atoms with Crippen LogP contribution in [-0.4, -0.2) is 28.1 Å². The van der Waals surface area contributed by atoms with Crippen LogP contribution in [-0.2, 0) is 0 Å². The van der Waals surface area contributed by atoms with Gasteiger partial charge in [0.1, 0.15) is 17.3 Å². The Labute approximate surface area is 100 Å². The fraction of sp³-hybridized carbons (Fsp3) is 0. The van der Waals surface area contributed by atoms with E-state index in [0.717, 1.165) is 6.07 Å². The molecule has 1 aromatic rings. The van der Waals surface area contributed by atoms with E-state index >= 15 is 0 Å². The molecule has 0 radical (unpaired) electrons. The highest BCUT2D eigenvalue weighted by Gasteiger charge is 2.14. The molecule has 0 spiro atoms. The molecule has 1 aromatic carbocycles. The Morgan fingerprint density at radius 1 is 1.28 bits per heavy atom. The van der Waals surface area contributed by atoms with Crippen molar-refractivity contribution in [3.05, 3.63) is 23.5 Å². The first-order valence-electron chi connectivity index (χ1n) is 4.51. The van der Waals surface area contributed by atoms with Crippen molar-refractivity contribution in [1.82, 2.24) is 0 Å². The maximum absolute atomic E-state index is 13.1. The number of hydrogen-bond donors (Lipinski definition) is 5. The van der Waals surface area contributed by atoms with Crippen molar-refractivity contribution in [3.63, 3.8) is 0 Å². The van der Waals surface area contributed by atoms with E-state index in [1.807, 2.05) is 0 Å². The molecule has 18 heavy (non-hydrogen) atoms. The van der Waals surface area contributed by atoms with Crippen LogP contribution < -0.4 is 17.2 Å². The van der Waals surface area contributed by atoms with Crippen LogP contribution in [0.3, 0.4) is 0 Å². The molecule has 8 nitrogen and oxygen atoms in total. The van der Waals surface area contributed by atoms with E-state index in [-0.39, 0.29) is 11.6 Å². The van der Waals surface area contributed by atoms with Crippen molar-refractivity contribution in [2.75, 3.05) is 0 Å². The first-order chi connectivity index (χ1) is 8.31. The number of phenolic OH excluding ortho intramolecular Hbond substituents is 1. The standard InChI is InChI=1S/C9H10FN5O3/c10-4-2-6(16)5(1-3(4)7(17)18)14-9(13)15-8(11)12/h1-2,16H,(H,17,18)(H6,11,12,13,14,15). The van der Waals surface area contributed by atoms with Gasteiger partial charge >= 0.3 is 5.97 Å². The molecule has 0 aromatic heterocycles. The maximum Gasteiger partial charge on any atom is 0.338 e. The quantitative estimate of drug-likeness (QED) is 0.352. The van der Waals surface area contributed by atoms with Crippen molar-refractivity contribution >= 4 is 23.6 Å². The highest BCUT2D eigenvalue weighted by molar-refractivity contribution is 5.95. The summed E-state index contributed by atoms with van der Waals surface area (Å²) in [6, 6.07) is 1.41.